The number of hydrogen-bond acceptors (Lipinski definition) is 1. The highest BCUT2D eigenvalue weighted by Crippen LogP contribution is 2.12. The number of fused-ring (bicyclic) bond motifs is 1. The van der Waals surface area contributed by atoms with Crippen molar-refractivity contribution in [1.29, 1.82) is 0 Å². The van der Waals surface area contributed by atoms with Crippen LogP contribution < -0.4 is 5.59 Å². The zero-order valence-electron chi connectivity index (χ0n) is 5.63. The van der Waals surface area contributed by atoms with Gasteiger partial charge in [-0.15, -0.1) is 0 Å². The third-order valence-electron chi connectivity index (χ3n) is 1.54. The molecule has 11 heavy (non-hydrogen) atoms. The minimum atomic E-state index is 0.426. The van der Waals surface area contributed by atoms with Crippen LogP contribution in [0.15, 0.2) is 18.3 Å². The molecule has 0 aromatic carbocycles. The molecule has 2 aromatic rings. The number of hydrogen-bond donors (Lipinski definition) is 1. The van der Waals surface area contributed by atoms with Crippen molar-refractivity contribution < 1.29 is 0 Å². The first-order valence-corrected chi connectivity index (χ1v) is 3.54. The fraction of sp³-hybridized carbons (Fsp3) is 0. The van der Waals surface area contributed by atoms with Crippen LogP contribution in [0.5, 0.6) is 0 Å². The molecule has 2 rings (SSSR count). The summed E-state index contributed by atoms with van der Waals surface area (Å²) in [6.45, 7) is 0. The van der Waals surface area contributed by atoms with Crippen molar-refractivity contribution in [3.8, 4) is 0 Å². The number of H-pyrrole nitrogens is 1. The van der Waals surface area contributed by atoms with Gasteiger partial charge in [0.2, 0.25) is 0 Å². The van der Waals surface area contributed by atoms with E-state index in [9.17, 15) is 0 Å². The average Bonchev–Trinajstić information content (AvgIpc) is 2.34. The van der Waals surface area contributed by atoms with Gasteiger partial charge in [-0.1, -0.05) is 11.6 Å². The molecule has 0 saturated heterocycles. The quantitative estimate of drug-likeness (QED) is 0.454. The van der Waals surface area contributed by atoms with Gasteiger partial charge in [0.1, 0.15) is 13.0 Å². The molecule has 0 aliphatic rings. The van der Waals surface area contributed by atoms with E-state index >= 15 is 0 Å². The molecule has 2 heterocycles. The zero-order valence-corrected chi connectivity index (χ0v) is 6.39. The lowest BCUT2D eigenvalue weighted by molar-refractivity contribution is 1.39. The second-order valence-corrected chi connectivity index (χ2v) is 2.66. The van der Waals surface area contributed by atoms with Crippen molar-refractivity contribution in [2.75, 3.05) is 0 Å². The molecule has 0 bridgehead atoms. The maximum absolute atomic E-state index is 5.68. The fourth-order valence-corrected chi connectivity index (χ4v) is 1.26. The van der Waals surface area contributed by atoms with Crippen LogP contribution in [0, 0.1) is 0 Å². The Kier molecular flexibility index (Phi) is 1.39. The Balaban J connectivity index is 2.91. The summed E-state index contributed by atoms with van der Waals surface area (Å²) in [6.07, 6.45) is 1.80. The lowest BCUT2D eigenvalue weighted by Gasteiger charge is -1.95. The van der Waals surface area contributed by atoms with Gasteiger partial charge in [-0.25, -0.2) is 0 Å². The summed E-state index contributed by atoms with van der Waals surface area (Å²) in [6, 6.07) is 3.67. The molecule has 1 N–H and O–H groups in total. The predicted molar refractivity (Wildman–Crippen MR) is 46.5 cm³/mol. The van der Waals surface area contributed by atoms with Crippen molar-refractivity contribution in [2.24, 2.45) is 0 Å². The Labute approximate surface area is 70.0 Å². The van der Waals surface area contributed by atoms with Crippen LogP contribution in [-0.2, 0) is 0 Å². The maximum atomic E-state index is 5.68. The molecule has 52 valence electrons. The summed E-state index contributed by atoms with van der Waals surface area (Å²) < 4.78 is 0. The van der Waals surface area contributed by atoms with Crippen LogP contribution in [0.4, 0.5) is 0 Å². The van der Waals surface area contributed by atoms with E-state index in [-0.39, 0.29) is 0 Å². The molecule has 2 radical (unpaired) electrons. The highest BCUT2D eigenvalue weighted by atomic mass is 35.5. The number of aromatic amines is 1. The number of aromatic nitrogens is 2. The van der Waals surface area contributed by atoms with Crippen molar-refractivity contribution in [1.82, 2.24) is 9.97 Å². The van der Waals surface area contributed by atoms with E-state index in [0.29, 0.717) is 10.7 Å². The maximum Gasteiger partial charge on any atom is 0.144 e. The third kappa shape index (κ3) is 1.01. The summed E-state index contributed by atoms with van der Waals surface area (Å²) >= 11 is 5.68. The second-order valence-electron chi connectivity index (χ2n) is 2.27. The Hall–Kier alpha value is -0.955. The van der Waals surface area contributed by atoms with Crippen LogP contribution in [0.1, 0.15) is 0 Å². The minimum Gasteiger partial charge on any atom is -0.360 e. The number of rotatable bonds is 0. The molecule has 2 nitrogen and oxygen atoms in total. The molecular formula is C7H4BClN2. The molecule has 0 unspecified atom stereocenters. The summed E-state index contributed by atoms with van der Waals surface area (Å²) in [7, 11) is 5.57. The Morgan fingerprint density at radius 2 is 2.36 bits per heavy atom. The summed E-state index contributed by atoms with van der Waals surface area (Å²) in [5, 5.41) is 1.41. The molecule has 0 amide bonds. The van der Waals surface area contributed by atoms with Crippen LogP contribution in [0.3, 0.4) is 0 Å². The minimum absolute atomic E-state index is 0.426. The van der Waals surface area contributed by atoms with Gasteiger partial charge in [-0.05, 0) is 12.1 Å². The van der Waals surface area contributed by atoms with E-state index in [0.717, 1.165) is 10.9 Å². The molecule has 2 aromatic heterocycles. The molecule has 0 atom stereocenters. The Morgan fingerprint density at radius 3 is 3.18 bits per heavy atom. The van der Waals surface area contributed by atoms with Gasteiger partial charge in [0.25, 0.3) is 0 Å². The molecule has 0 aliphatic carbocycles. The largest absolute Gasteiger partial charge is 0.360 e. The fourth-order valence-electron chi connectivity index (χ4n) is 1.06. The smallest absolute Gasteiger partial charge is 0.144 e. The van der Waals surface area contributed by atoms with E-state index < -0.39 is 0 Å². The van der Waals surface area contributed by atoms with E-state index in [1.165, 1.54) is 0 Å². The van der Waals surface area contributed by atoms with Crippen LogP contribution in [0.2, 0.25) is 5.15 Å². The van der Waals surface area contributed by atoms with Crippen molar-refractivity contribution >= 4 is 35.9 Å². The lowest BCUT2D eigenvalue weighted by Crippen LogP contribution is -2.09. The molecule has 0 saturated carbocycles. The first kappa shape index (κ1) is 6.74. The van der Waals surface area contributed by atoms with Gasteiger partial charge in [-0.2, -0.15) is 0 Å². The lowest BCUT2D eigenvalue weighted by atomic mass is 10.0. The highest BCUT2D eigenvalue weighted by Gasteiger charge is 1.99. The number of nitrogens with one attached hydrogen (secondary N) is 1. The van der Waals surface area contributed by atoms with E-state index in [1.807, 2.05) is 6.07 Å². The SMILES string of the molecule is [B]c1nc(Cl)cc2cc[nH]c12. The first-order chi connectivity index (χ1) is 5.27. The van der Waals surface area contributed by atoms with Crippen molar-refractivity contribution in [3.05, 3.63) is 23.5 Å². The van der Waals surface area contributed by atoms with E-state index in [4.69, 9.17) is 19.4 Å². The van der Waals surface area contributed by atoms with E-state index in [2.05, 4.69) is 9.97 Å². The Bertz CT molecular complexity index is 396. The second kappa shape index (κ2) is 2.27. The standard InChI is InChI=1S/C7H4BClN2/c8-7-6-4(1-2-10-6)3-5(9)11-7/h1-3,10H. The topological polar surface area (TPSA) is 28.7 Å². The van der Waals surface area contributed by atoms with Gasteiger partial charge in [0.15, 0.2) is 0 Å². The number of halogens is 1. The average molecular weight is 162 g/mol. The predicted octanol–water partition coefficient (Wildman–Crippen LogP) is 1.01. The van der Waals surface area contributed by atoms with Gasteiger partial charge in [0.05, 0.1) is 5.52 Å². The van der Waals surface area contributed by atoms with Crippen molar-refractivity contribution in [2.45, 2.75) is 0 Å². The molecule has 0 aliphatic heterocycles. The zero-order chi connectivity index (χ0) is 7.84. The van der Waals surface area contributed by atoms with Crippen LogP contribution in [-0.4, -0.2) is 17.8 Å². The Morgan fingerprint density at radius 1 is 1.55 bits per heavy atom. The molecule has 0 fully saturated rings. The molecule has 4 heteroatoms. The van der Waals surface area contributed by atoms with Gasteiger partial charge >= 0.3 is 0 Å². The first-order valence-electron chi connectivity index (χ1n) is 3.16. The van der Waals surface area contributed by atoms with E-state index in [1.54, 1.807) is 12.3 Å². The monoisotopic (exact) mass is 162 g/mol. The number of pyridine rings is 1. The van der Waals surface area contributed by atoms with Crippen molar-refractivity contribution in [3.63, 3.8) is 0 Å². The van der Waals surface area contributed by atoms with Crippen LogP contribution in [0.25, 0.3) is 10.9 Å². The highest BCUT2D eigenvalue weighted by molar-refractivity contribution is 6.38. The van der Waals surface area contributed by atoms with Gasteiger partial charge in [0, 0.05) is 17.2 Å². The molecule has 0 spiro atoms. The molecular weight excluding hydrogens is 158 g/mol. The summed E-state index contributed by atoms with van der Waals surface area (Å²) in [4.78, 5) is 6.85. The van der Waals surface area contributed by atoms with Crippen LogP contribution >= 0.6 is 11.6 Å². The third-order valence-corrected chi connectivity index (χ3v) is 1.73. The summed E-state index contributed by atoms with van der Waals surface area (Å²) in [5.74, 6) is 0. The van der Waals surface area contributed by atoms with Gasteiger partial charge < -0.3 is 4.98 Å². The summed E-state index contributed by atoms with van der Waals surface area (Å²) in [5.41, 5.74) is 1.28. The normalized spacial score (nSPS) is 10.6. The van der Waals surface area contributed by atoms with Gasteiger partial charge in [-0.3, -0.25) is 4.98 Å². The number of nitrogens with zero attached hydrogens (tertiary/aromatic N) is 1.